The van der Waals surface area contributed by atoms with Crippen molar-refractivity contribution >= 4 is 11.9 Å². The summed E-state index contributed by atoms with van der Waals surface area (Å²) in [4.78, 5) is 22.5. The van der Waals surface area contributed by atoms with Crippen molar-refractivity contribution < 1.29 is 19.8 Å². The van der Waals surface area contributed by atoms with Crippen molar-refractivity contribution in [1.29, 1.82) is 0 Å². The van der Waals surface area contributed by atoms with Crippen LogP contribution in [0.5, 0.6) is 0 Å². The summed E-state index contributed by atoms with van der Waals surface area (Å²) < 4.78 is 0. The molecule has 0 aliphatic rings. The minimum Gasteiger partial charge on any atom is -0.481 e. The number of hydrogen-bond acceptors (Lipinski definition) is 2. The van der Waals surface area contributed by atoms with Crippen LogP contribution in [0.3, 0.4) is 0 Å². The molecule has 122 valence electrons. The van der Waals surface area contributed by atoms with Crippen molar-refractivity contribution in [2.75, 3.05) is 0 Å². The fourth-order valence-electron chi connectivity index (χ4n) is 2.45. The molecule has 0 bridgehead atoms. The minimum absolute atomic E-state index is 0.493. The Balaban J connectivity index is 3.15. The van der Waals surface area contributed by atoms with Gasteiger partial charge in [-0.2, -0.15) is 0 Å². The SMILES string of the molecule is CC(C(=O)O)C(C)(C)c1ccc(C(C)(C)C(C)C(=O)O)cc1. The van der Waals surface area contributed by atoms with Crippen LogP contribution in [-0.4, -0.2) is 22.2 Å². The van der Waals surface area contributed by atoms with Crippen LogP contribution in [0, 0.1) is 11.8 Å². The van der Waals surface area contributed by atoms with Gasteiger partial charge in [-0.25, -0.2) is 0 Å². The highest BCUT2D eigenvalue weighted by atomic mass is 16.4. The smallest absolute Gasteiger partial charge is 0.307 e. The molecule has 1 aromatic rings. The fourth-order valence-corrected chi connectivity index (χ4v) is 2.45. The molecule has 0 heterocycles. The zero-order valence-electron chi connectivity index (χ0n) is 14.2. The number of rotatable bonds is 6. The minimum atomic E-state index is -0.825. The number of carbonyl (C=O) groups is 2. The highest BCUT2D eigenvalue weighted by molar-refractivity contribution is 5.72. The van der Waals surface area contributed by atoms with Crippen LogP contribution in [0.2, 0.25) is 0 Å². The van der Waals surface area contributed by atoms with Gasteiger partial charge >= 0.3 is 11.9 Å². The first-order valence-electron chi connectivity index (χ1n) is 7.49. The first kappa shape index (κ1) is 18.2. The molecule has 0 amide bonds. The lowest BCUT2D eigenvalue weighted by molar-refractivity contribution is -0.144. The highest BCUT2D eigenvalue weighted by Gasteiger charge is 2.35. The molecule has 2 N–H and O–H groups in total. The van der Waals surface area contributed by atoms with Crippen molar-refractivity contribution in [3.05, 3.63) is 35.4 Å². The lowest BCUT2D eigenvalue weighted by Gasteiger charge is -2.32. The average molecular weight is 306 g/mol. The second-order valence-corrected chi connectivity index (χ2v) is 7.14. The fraction of sp³-hybridized carbons (Fsp3) is 0.556. The Kier molecular flexibility index (Phi) is 5.06. The molecule has 4 heteroatoms. The summed E-state index contributed by atoms with van der Waals surface area (Å²) in [6.07, 6.45) is 0. The van der Waals surface area contributed by atoms with Crippen LogP contribution in [0.25, 0.3) is 0 Å². The van der Waals surface area contributed by atoms with Gasteiger partial charge in [-0.15, -0.1) is 0 Å². The van der Waals surface area contributed by atoms with Gasteiger partial charge in [0.25, 0.3) is 0 Å². The third kappa shape index (κ3) is 3.32. The standard InChI is InChI=1S/C18H26O4/c1-11(15(19)20)17(3,4)13-7-9-14(10-8-13)18(5,6)12(2)16(21)22/h7-12H,1-6H3,(H,19,20)(H,21,22). The molecular formula is C18H26O4. The lowest BCUT2D eigenvalue weighted by atomic mass is 9.71. The molecule has 0 saturated heterocycles. The summed E-state index contributed by atoms with van der Waals surface area (Å²) in [7, 11) is 0. The van der Waals surface area contributed by atoms with Gasteiger partial charge in [0.2, 0.25) is 0 Å². The number of hydrogen-bond donors (Lipinski definition) is 2. The predicted octanol–water partition coefficient (Wildman–Crippen LogP) is 3.68. The Bertz CT molecular complexity index is 504. The molecule has 0 fully saturated rings. The van der Waals surface area contributed by atoms with E-state index in [4.69, 9.17) is 0 Å². The molecule has 0 saturated carbocycles. The molecule has 1 aromatic carbocycles. The number of benzene rings is 1. The van der Waals surface area contributed by atoms with Crippen LogP contribution in [0.4, 0.5) is 0 Å². The van der Waals surface area contributed by atoms with Crippen molar-refractivity contribution in [1.82, 2.24) is 0 Å². The van der Waals surface area contributed by atoms with Gasteiger partial charge in [0.05, 0.1) is 11.8 Å². The number of aliphatic carboxylic acids is 2. The van der Waals surface area contributed by atoms with Crippen LogP contribution >= 0.6 is 0 Å². The van der Waals surface area contributed by atoms with E-state index in [-0.39, 0.29) is 0 Å². The van der Waals surface area contributed by atoms with Crippen LogP contribution in [0.15, 0.2) is 24.3 Å². The average Bonchev–Trinajstić information content (AvgIpc) is 2.45. The van der Waals surface area contributed by atoms with Crippen molar-refractivity contribution in [2.24, 2.45) is 11.8 Å². The summed E-state index contributed by atoms with van der Waals surface area (Å²) in [5, 5.41) is 18.5. The van der Waals surface area contributed by atoms with Gasteiger partial charge in [-0.05, 0) is 11.1 Å². The largest absolute Gasteiger partial charge is 0.481 e. The van der Waals surface area contributed by atoms with Gasteiger partial charge in [0.15, 0.2) is 0 Å². The third-order valence-electron chi connectivity index (χ3n) is 5.28. The molecule has 1 rings (SSSR count). The zero-order valence-corrected chi connectivity index (χ0v) is 14.2. The molecule has 0 radical (unpaired) electrons. The lowest BCUT2D eigenvalue weighted by Crippen LogP contribution is -2.34. The van der Waals surface area contributed by atoms with Crippen LogP contribution in [-0.2, 0) is 20.4 Å². The molecule has 0 aliphatic heterocycles. The first-order valence-corrected chi connectivity index (χ1v) is 7.49. The second kappa shape index (κ2) is 6.11. The van der Waals surface area contributed by atoms with Crippen molar-refractivity contribution in [3.63, 3.8) is 0 Å². The van der Waals surface area contributed by atoms with E-state index in [1.165, 1.54) is 0 Å². The molecule has 4 nitrogen and oxygen atoms in total. The van der Waals surface area contributed by atoms with E-state index in [1.54, 1.807) is 13.8 Å². The Morgan fingerprint density at radius 2 is 1.00 bits per heavy atom. The summed E-state index contributed by atoms with van der Waals surface area (Å²) >= 11 is 0. The van der Waals surface area contributed by atoms with Gasteiger partial charge in [0, 0.05) is 10.8 Å². The van der Waals surface area contributed by atoms with Crippen molar-refractivity contribution in [3.8, 4) is 0 Å². The van der Waals surface area contributed by atoms with Crippen LogP contribution < -0.4 is 0 Å². The van der Waals surface area contributed by atoms with Gasteiger partial charge in [0.1, 0.15) is 0 Å². The van der Waals surface area contributed by atoms with E-state index in [0.29, 0.717) is 0 Å². The maximum atomic E-state index is 11.2. The zero-order chi connectivity index (χ0) is 17.3. The molecule has 0 spiro atoms. The maximum absolute atomic E-state index is 11.2. The van der Waals surface area contributed by atoms with Gasteiger partial charge < -0.3 is 10.2 Å². The Labute approximate surface area is 132 Å². The van der Waals surface area contributed by atoms with E-state index in [2.05, 4.69) is 0 Å². The Hall–Kier alpha value is -1.84. The monoisotopic (exact) mass is 306 g/mol. The summed E-state index contributed by atoms with van der Waals surface area (Å²) in [5.74, 6) is -2.67. The normalized spacial score (nSPS) is 15.2. The topological polar surface area (TPSA) is 74.6 Å². The quantitative estimate of drug-likeness (QED) is 0.840. The Morgan fingerprint density at radius 3 is 1.18 bits per heavy atom. The van der Waals surface area contributed by atoms with E-state index < -0.39 is 34.6 Å². The second-order valence-electron chi connectivity index (χ2n) is 7.14. The van der Waals surface area contributed by atoms with E-state index >= 15 is 0 Å². The predicted molar refractivity (Wildman–Crippen MR) is 86.1 cm³/mol. The third-order valence-corrected chi connectivity index (χ3v) is 5.28. The van der Waals surface area contributed by atoms with Gasteiger partial charge in [-0.3, -0.25) is 9.59 Å². The van der Waals surface area contributed by atoms with Gasteiger partial charge in [-0.1, -0.05) is 65.8 Å². The molecule has 2 atom stereocenters. The molecule has 2 unspecified atom stereocenters. The maximum Gasteiger partial charge on any atom is 0.307 e. The molecule has 22 heavy (non-hydrogen) atoms. The molecule has 0 aliphatic carbocycles. The van der Waals surface area contributed by atoms with E-state index in [9.17, 15) is 19.8 Å². The molecule has 0 aromatic heterocycles. The van der Waals surface area contributed by atoms with Crippen LogP contribution in [0.1, 0.15) is 52.7 Å². The molecular weight excluding hydrogens is 280 g/mol. The summed E-state index contributed by atoms with van der Waals surface area (Å²) in [6, 6.07) is 7.63. The number of carboxylic acid groups (broad SMARTS) is 2. The summed E-state index contributed by atoms with van der Waals surface area (Å²) in [5.41, 5.74) is 0.884. The van der Waals surface area contributed by atoms with Crippen molar-refractivity contribution in [2.45, 2.75) is 52.4 Å². The number of carboxylic acids is 2. The Morgan fingerprint density at radius 1 is 0.773 bits per heavy atom. The highest BCUT2D eigenvalue weighted by Crippen LogP contribution is 2.36. The van der Waals surface area contributed by atoms with E-state index in [0.717, 1.165) is 11.1 Å². The van der Waals surface area contributed by atoms with E-state index in [1.807, 2.05) is 52.0 Å². The first-order chi connectivity index (χ1) is 9.92. The summed E-state index contributed by atoms with van der Waals surface area (Å²) in [6.45, 7) is 11.0.